The number of anilines is 1. The van der Waals surface area contributed by atoms with Crippen LogP contribution in [0.3, 0.4) is 0 Å². The van der Waals surface area contributed by atoms with Crippen molar-refractivity contribution in [3.63, 3.8) is 0 Å². The highest BCUT2D eigenvalue weighted by atomic mass is 35.5. The molecule has 1 atom stereocenters. The Bertz CT molecular complexity index is 1120. The SMILES string of the molecule is O=C1CCC2(C(=O)NCc3nc(-c4ccc(Cl)cc4)no3)Sc3ccccc3N12. The fourth-order valence-corrected chi connectivity index (χ4v) is 5.20. The molecule has 2 aromatic carbocycles. The number of rotatable bonds is 4. The highest BCUT2D eigenvalue weighted by molar-refractivity contribution is 8.02. The second-order valence-corrected chi connectivity index (χ2v) is 8.54. The van der Waals surface area contributed by atoms with Crippen molar-refractivity contribution in [1.29, 1.82) is 0 Å². The molecule has 0 aliphatic carbocycles. The van der Waals surface area contributed by atoms with E-state index in [4.69, 9.17) is 16.1 Å². The molecule has 1 unspecified atom stereocenters. The molecule has 3 heterocycles. The number of fused-ring (bicyclic) bond motifs is 3. The molecule has 0 bridgehead atoms. The van der Waals surface area contributed by atoms with E-state index < -0.39 is 4.87 Å². The number of benzene rings is 2. The average Bonchev–Trinajstić information content (AvgIpc) is 3.41. The Balaban J connectivity index is 1.33. The maximum Gasteiger partial charge on any atom is 0.257 e. The molecule has 9 heteroatoms. The van der Waals surface area contributed by atoms with E-state index in [9.17, 15) is 9.59 Å². The second-order valence-electron chi connectivity index (χ2n) is 6.78. The van der Waals surface area contributed by atoms with Crippen LogP contribution in [0.1, 0.15) is 18.7 Å². The van der Waals surface area contributed by atoms with E-state index in [1.807, 2.05) is 24.3 Å². The number of thioether (sulfide) groups is 1. The first-order chi connectivity index (χ1) is 14.1. The van der Waals surface area contributed by atoms with Gasteiger partial charge in [-0.1, -0.05) is 40.7 Å². The Morgan fingerprint density at radius 1 is 1.24 bits per heavy atom. The third-order valence-electron chi connectivity index (χ3n) is 5.00. The van der Waals surface area contributed by atoms with Crippen LogP contribution in [-0.4, -0.2) is 26.8 Å². The summed E-state index contributed by atoms with van der Waals surface area (Å²) >= 11 is 7.32. The lowest BCUT2D eigenvalue weighted by Gasteiger charge is -2.29. The first kappa shape index (κ1) is 18.2. The standard InChI is InChI=1S/C20H15ClN4O3S/c21-13-7-5-12(6-8-13)18-23-16(28-24-18)11-22-19(27)20-10-9-17(26)25(20)14-3-1-2-4-15(14)29-20/h1-8H,9-11H2,(H,22,27). The number of aromatic nitrogens is 2. The molecule has 2 amide bonds. The van der Waals surface area contributed by atoms with Gasteiger partial charge < -0.3 is 9.84 Å². The number of nitrogens with zero attached hydrogens (tertiary/aromatic N) is 3. The summed E-state index contributed by atoms with van der Waals surface area (Å²) in [4.78, 5) is 31.5. The van der Waals surface area contributed by atoms with Crippen molar-refractivity contribution in [3.8, 4) is 11.4 Å². The second kappa shape index (κ2) is 6.89. The van der Waals surface area contributed by atoms with Crippen molar-refractivity contribution < 1.29 is 14.1 Å². The van der Waals surface area contributed by atoms with Gasteiger partial charge in [0.2, 0.25) is 17.6 Å². The summed E-state index contributed by atoms with van der Waals surface area (Å²) in [5.74, 6) is 0.427. The molecule has 2 aliphatic rings. The molecule has 1 fully saturated rings. The summed E-state index contributed by atoms with van der Waals surface area (Å²) < 4.78 is 5.26. The van der Waals surface area contributed by atoms with Crippen molar-refractivity contribution in [2.45, 2.75) is 29.2 Å². The lowest BCUT2D eigenvalue weighted by molar-refractivity contribution is -0.125. The summed E-state index contributed by atoms with van der Waals surface area (Å²) in [7, 11) is 0. The molecule has 2 aliphatic heterocycles. The van der Waals surface area contributed by atoms with Gasteiger partial charge in [-0.2, -0.15) is 4.98 Å². The Hall–Kier alpha value is -2.84. The van der Waals surface area contributed by atoms with Gasteiger partial charge >= 0.3 is 0 Å². The van der Waals surface area contributed by atoms with Crippen LogP contribution >= 0.6 is 23.4 Å². The maximum atomic E-state index is 13.1. The van der Waals surface area contributed by atoms with E-state index in [1.54, 1.807) is 29.2 Å². The van der Waals surface area contributed by atoms with E-state index in [-0.39, 0.29) is 24.2 Å². The summed E-state index contributed by atoms with van der Waals surface area (Å²) in [6.07, 6.45) is 0.799. The number of hydrogen-bond acceptors (Lipinski definition) is 6. The summed E-state index contributed by atoms with van der Waals surface area (Å²) in [5, 5.41) is 7.43. The fourth-order valence-electron chi connectivity index (χ4n) is 3.64. The van der Waals surface area contributed by atoms with Crippen LogP contribution in [0.4, 0.5) is 5.69 Å². The molecule has 1 N–H and O–H groups in total. The first-order valence-electron chi connectivity index (χ1n) is 9.05. The third-order valence-corrected chi connectivity index (χ3v) is 6.73. The lowest BCUT2D eigenvalue weighted by Crippen LogP contribution is -2.52. The van der Waals surface area contributed by atoms with Crippen molar-refractivity contribution >= 4 is 40.9 Å². The van der Waals surface area contributed by atoms with Gasteiger partial charge in [-0.05, 0) is 42.8 Å². The smallest absolute Gasteiger partial charge is 0.257 e. The van der Waals surface area contributed by atoms with E-state index >= 15 is 0 Å². The Labute approximate surface area is 175 Å². The van der Waals surface area contributed by atoms with Crippen LogP contribution in [0, 0.1) is 0 Å². The topological polar surface area (TPSA) is 88.3 Å². The summed E-state index contributed by atoms with van der Waals surface area (Å²) in [6.45, 7) is 0.0834. The number of amides is 2. The lowest BCUT2D eigenvalue weighted by atomic mass is 10.2. The molecule has 146 valence electrons. The fraction of sp³-hybridized carbons (Fsp3) is 0.200. The number of carbonyl (C=O) groups excluding carboxylic acids is 2. The van der Waals surface area contributed by atoms with Crippen LogP contribution in [0.15, 0.2) is 57.9 Å². The van der Waals surface area contributed by atoms with Crippen molar-refractivity contribution in [1.82, 2.24) is 15.5 Å². The monoisotopic (exact) mass is 426 g/mol. The van der Waals surface area contributed by atoms with Gasteiger partial charge in [-0.25, -0.2) is 0 Å². The molecule has 1 saturated heterocycles. The van der Waals surface area contributed by atoms with Gasteiger partial charge in [-0.15, -0.1) is 0 Å². The van der Waals surface area contributed by atoms with Crippen molar-refractivity contribution in [2.24, 2.45) is 0 Å². The predicted molar refractivity (Wildman–Crippen MR) is 108 cm³/mol. The van der Waals surface area contributed by atoms with Crippen LogP contribution in [0.2, 0.25) is 5.02 Å². The maximum absolute atomic E-state index is 13.1. The zero-order chi connectivity index (χ0) is 20.0. The van der Waals surface area contributed by atoms with Crippen molar-refractivity contribution in [3.05, 3.63) is 59.4 Å². The van der Waals surface area contributed by atoms with E-state index in [2.05, 4.69) is 15.5 Å². The van der Waals surface area contributed by atoms with Crippen LogP contribution in [0.25, 0.3) is 11.4 Å². The minimum Gasteiger partial charge on any atom is -0.344 e. The zero-order valence-electron chi connectivity index (χ0n) is 15.1. The van der Waals surface area contributed by atoms with Gasteiger partial charge in [0.25, 0.3) is 5.91 Å². The van der Waals surface area contributed by atoms with E-state index in [1.165, 1.54) is 11.8 Å². The Morgan fingerprint density at radius 3 is 2.86 bits per heavy atom. The summed E-state index contributed by atoms with van der Waals surface area (Å²) in [5.41, 5.74) is 1.56. The average molecular weight is 427 g/mol. The number of nitrogens with one attached hydrogen (secondary N) is 1. The van der Waals surface area contributed by atoms with Crippen molar-refractivity contribution in [2.75, 3.05) is 4.90 Å². The molecule has 1 aromatic heterocycles. The zero-order valence-corrected chi connectivity index (χ0v) is 16.7. The van der Waals surface area contributed by atoms with E-state index in [0.717, 1.165) is 16.1 Å². The minimum atomic E-state index is -0.959. The highest BCUT2D eigenvalue weighted by Gasteiger charge is 2.57. The third kappa shape index (κ3) is 2.99. The number of carbonyl (C=O) groups is 2. The van der Waals surface area contributed by atoms with Gasteiger partial charge in [0.15, 0.2) is 4.87 Å². The molecular weight excluding hydrogens is 412 g/mol. The Morgan fingerprint density at radius 2 is 2.03 bits per heavy atom. The van der Waals surface area contributed by atoms with Gasteiger partial charge in [0.05, 0.1) is 12.2 Å². The van der Waals surface area contributed by atoms with E-state index in [0.29, 0.717) is 23.7 Å². The van der Waals surface area contributed by atoms with Gasteiger partial charge in [0.1, 0.15) is 0 Å². The van der Waals surface area contributed by atoms with Crippen LogP contribution in [-0.2, 0) is 16.1 Å². The normalized spacial score (nSPS) is 19.9. The number of halogens is 1. The molecule has 5 rings (SSSR count). The molecule has 3 aromatic rings. The largest absolute Gasteiger partial charge is 0.344 e. The minimum absolute atomic E-state index is 0.0413. The molecule has 29 heavy (non-hydrogen) atoms. The quantitative estimate of drug-likeness (QED) is 0.685. The highest BCUT2D eigenvalue weighted by Crippen LogP contribution is 2.55. The Kier molecular flexibility index (Phi) is 4.33. The van der Waals surface area contributed by atoms with Crippen LogP contribution in [0.5, 0.6) is 0 Å². The van der Waals surface area contributed by atoms with Gasteiger partial charge in [-0.3, -0.25) is 14.5 Å². The summed E-state index contributed by atoms with van der Waals surface area (Å²) in [6, 6.07) is 14.7. The molecule has 7 nitrogen and oxygen atoms in total. The molecule has 0 saturated carbocycles. The predicted octanol–water partition coefficient (Wildman–Crippen LogP) is 3.64. The first-order valence-corrected chi connectivity index (χ1v) is 10.2. The molecular formula is C20H15ClN4O3S. The number of hydrogen-bond donors (Lipinski definition) is 1. The van der Waals surface area contributed by atoms with Crippen LogP contribution < -0.4 is 10.2 Å². The van der Waals surface area contributed by atoms with Gasteiger partial charge in [0, 0.05) is 21.9 Å². The molecule has 0 radical (unpaired) electrons. The number of para-hydroxylation sites is 1. The molecule has 0 spiro atoms.